The molecule has 0 bridgehead atoms. The van der Waals surface area contributed by atoms with Crippen LogP contribution in [-0.4, -0.2) is 27.0 Å². The van der Waals surface area contributed by atoms with E-state index in [4.69, 9.17) is 11.6 Å². The van der Waals surface area contributed by atoms with Gasteiger partial charge in [-0.3, -0.25) is 0 Å². The minimum absolute atomic E-state index is 0.181. The molecule has 1 aromatic carbocycles. The molecule has 7 heteroatoms. The molecule has 1 aromatic rings. The third kappa shape index (κ3) is 3.66. The summed E-state index contributed by atoms with van der Waals surface area (Å²) >= 11 is 5.72. The molecule has 0 radical (unpaired) electrons. The molecule has 106 valence electrons. The van der Waals surface area contributed by atoms with Gasteiger partial charge in [0.05, 0.1) is 0 Å². The Balaban J connectivity index is 2.20. The van der Waals surface area contributed by atoms with Gasteiger partial charge in [-0.15, -0.1) is 0 Å². The van der Waals surface area contributed by atoms with Gasteiger partial charge in [0.25, 0.3) is 0 Å². The average molecular weight is 307 g/mol. The van der Waals surface area contributed by atoms with Crippen molar-refractivity contribution in [3.8, 4) is 0 Å². The van der Waals surface area contributed by atoms with Gasteiger partial charge in [0, 0.05) is 17.1 Å². The lowest BCUT2D eigenvalue weighted by atomic mass is 10.0. The van der Waals surface area contributed by atoms with E-state index in [1.54, 1.807) is 0 Å². The Bertz CT molecular complexity index is 565. The van der Waals surface area contributed by atoms with E-state index >= 15 is 0 Å². The highest BCUT2D eigenvalue weighted by Crippen LogP contribution is 2.21. The molecule has 0 aliphatic carbocycles. The molecule has 0 aromatic heterocycles. The van der Waals surface area contributed by atoms with Crippen LogP contribution in [0, 0.1) is 5.82 Å². The van der Waals surface area contributed by atoms with Crippen molar-refractivity contribution in [2.45, 2.75) is 36.7 Å². The van der Waals surface area contributed by atoms with Crippen LogP contribution in [0.25, 0.3) is 0 Å². The van der Waals surface area contributed by atoms with E-state index < -0.39 is 20.7 Å². The molecule has 2 rings (SSSR count). The van der Waals surface area contributed by atoms with Crippen LogP contribution in [-0.2, 0) is 10.0 Å². The van der Waals surface area contributed by atoms with E-state index in [0.717, 1.165) is 18.7 Å². The Morgan fingerprint density at radius 2 is 2.21 bits per heavy atom. The van der Waals surface area contributed by atoms with Crippen molar-refractivity contribution < 1.29 is 12.8 Å². The summed E-state index contributed by atoms with van der Waals surface area (Å²) in [5.74, 6) is -0.793. The molecule has 2 atom stereocenters. The molecule has 0 spiro atoms. The summed E-state index contributed by atoms with van der Waals surface area (Å²) in [6.07, 6.45) is 1.37. The molecule has 1 aliphatic rings. The van der Waals surface area contributed by atoms with Crippen molar-refractivity contribution in [1.82, 2.24) is 10.0 Å². The maximum absolute atomic E-state index is 13.6. The maximum Gasteiger partial charge on any atom is 0.243 e. The van der Waals surface area contributed by atoms with Gasteiger partial charge >= 0.3 is 0 Å². The van der Waals surface area contributed by atoms with Crippen molar-refractivity contribution in [2.75, 3.05) is 6.54 Å². The fourth-order valence-corrected chi connectivity index (χ4v) is 3.83. The Kier molecular flexibility index (Phi) is 4.45. The molecule has 1 fully saturated rings. The number of sulfonamides is 1. The number of halogens is 2. The Labute approximate surface area is 117 Å². The third-order valence-electron chi connectivity index (χ3n) is 3.13. The lowest BCUT2D eigenvalue weighted by molar-refractivity contribution is 0.361. The molecule has 2 unspecified atom stereocenters. The molecule has 0 saturated carbocycles. The lowest BCUT2D eigenvalue weighted by Gasteiger charge is -2.28. The largest absolute Gasteiger partial charge is 0.314 e. The fourth-order valence-electron chi connectivity index (χ4n) is 2.20. The molecule has 1 heterocycles. The third-order valence-corrected chi connectivity index (χ3v) is 4.90. The van der Waals surface area contributed by atoms with E-state index in [9.17, 15) is 12.8 Å². The van der Waals surface area contributed by atoms with Gasteiger partial charge in [0.1, 0.15) is 10.7 Å². The Morgan fingerprint density at radius 1 is 1.47 bits per heavy atom. The van der Waals surface area contributed by atoms with Gasteiger partial charge in [-0.2, -0.15) is 0 Å². The van der Waals surface area contributed by atoms with Crippen LogP contribution in [0.4, 0.5) is 4.39 Å². The number of rotatable bonds is 3. The number of piperidine rings is 1. The van der Waals surface area contributed by atoms with Crippen molar-refractivity contribution in [3.63, 3.8) is 0 Å². The summed E-state index contributed by atoms with van der Waals surface area (Å²) in [4.78, 5) is -0.397. The van der Waals surface area contributed by atoms with Crippen LogP contribution >= 0.6 is 11.6 Å². The SMILES string of the molecule is CC1CC(NS(=O)(=O)c2cc(Cl)ccc2F)CCN1. The summed E-state index contributed by atoms with van der Waals surface area (Å²) in [5, 5.41) is 3.42. The van der Waals surface area contributed by atoms with E-state index in [1.165, 1.54) is 6.07 Å². The van der Waals surface area contributed by atoms with E-state index in [-0.39, 0.29) is 17.1 Å². The number of benzene rings is 1. The second kappa shape index (κ2) is 5.75. The van der Waals surface area contributed by atoms with Gasteiger partial charge < -0.3 is 5.32 Å². The topological polar surface area (TPSA) is 58.2 Å². The van der Waals surface area contributed by atoms with Crippen molar-refractivity contribution in [3.05, 3.63) is 29.0 Å². The van der Waals surface area contributed by atoms with E-state index in [0.29, 0.717) is 12.8 Å². The quantitative estimate of drug-likeness (QED) is 0.897. The monoisotopic (exact) mass is 306 g/mol. The molecule has 4 nitrogen and oxygen atoms in total. The van der Waals surface area contributed by atoms with Gasteiger partial charge in [0.15, 0.2) is 0 Å². The zero-order valence-electron chi connectivity index (χ0n) is 10.5. The first-order valence-corrected chi connectivity index (χ1v) is 7.95. The van der Waals surface area contributed by atoms with Crippen molar-refractivity contribution in [1.29, 1.82) is 0 Å². The number of hydrogen-bond donors (Lipinski definition) is 2. The Hall–Kier alpha value is -0.690. The number of nitrogens with one attached hydrogen (secondary N) is 2. The molecule has 0 amide bonds. The standard InChI is InChI=1S/C12H16ClFN2O2S/c1-8-6-10(4-5-15-8)16-19(17,18)12-7-9(13)2-3-11(12)14/h2-3,7-8,10,15-16H,4-6H2,1H3. The minimum atomic E-state index is -3.87. The zero-order chi connectivity index (χ0) is 14.0. The van der Waals surface area contributed by atoms with E-state index in [2.05, 4.69) is 10.0 Å². The number of hydrogen-bond acceptors (Lipinski definition) is 3. The first kappa shape index (κ1) is 14.7. The van der Waals surface area contributed by atoms with Crippen LogP contribution in [0.2, 0.25) is 5.02 Å². The predicted molar refractivity (Wildman–Crippen MR) is 72.2 cm³/mol. The van der Waals surface area contributed by atoms with Gasteiger partial charge in [0.2, 0.25) is 10.0 Å². The molecule has 2 N–H and O–H groups in total. The first-order valence-electron chi connectivity index (χ1n) is 6.09. The average Bonchev–Trinajstić information content (AvgIpc) is 2.31. The fraction of sp³-hybridized carbons (Fsp3) is 0.500. The van der Waals surface area contributed by atoms with E-state index in [1.807, 2.05) is 6.92 Å². The maximum atomic E-state index is 13.6. The molecule has 1 saturated heterocycles. The van der Waals surface area contributed by atoms with Gasteiger partial charge in [-0.1, -0.05) is 11.6 Å². The summed E-state index contributed by atoms with van der Waals surface area (Å²) in [6.45, 7) is 2.73. The summed E-state index contributed by atoms with van der Waals surface area (Å²) in [7, 11) is -3.87. The highest BCUT2D eigenvalue weighted by atomic mass is 35.5. The second-order valence-electron chi connectivity index (χ2n) is 4.77. The molecule has 1 aliphatic heterocycles. The first-order chi connectivity index (χ1) is 8.88. The van der Waals surface area contributed by atoms with Crippen molar-refractivity contribution >= 4 is 21.6 Å². The highest BCUT2D eigenvalue weighted by molar-refractivity contribution is 7.89. The molecular formula is C12H16ClFN2O2S. The Morgan fingerprint density at radius 3 is 2.89 bits per heavy atom. The molecular weight excluding hydrogens is 291 g/mol. The zero-order valence-corrected chi connectivity index (χ0v) is 12.1. The van der Waals surface area contributed by atoms with Gasteiger partial charge in [-0.25, -0.2) is 17.5 Å². The molecule has 19 heavy (non-hydrogen) atoms. The minimum Gasteiger partial charge on any atom is -0.314 e. The van der Waals surface area contributed by atoms with Crippen LogP contribution in [0.15, 0.2) is 23.1 Å². The lowest BCUT2D eigenvalue weighted by Crippen LogP contribution is -2.46. The smallest absolute Gasteiger partial charge is 0.243 e. The van der Waals surface area contributed by atoms with Crippen LogP contribution < -0.4 is 10.0 Å². The summed E-state index contributed by atoms with van der Waals surface area (Å²) < 4.78 is 40.4. The van der Waals surface area contributed by atoms with Crippen LogP contribution in [0.5, 0.6) is 0 Å². The van der Waals surface area contributed by atoms with Gasteiger partial charge in [-0.05, 0) is 44.5 Å². The highest BCUT2D eigenvalue weighted by Gasteiger charge is 2.26. The predicted octanol–water partition coefficient (Wildman–Crippen LogP) is 1.90. The van der Waals surface area contributed by atoms with Crippen molar-refractivity contribution in [2.24, 2.45) is 0 Å². The van der Waals surface area contributed by atoms with Crippen LogP contribution in [0.1, 0.15) is 19.8 Å². The van der Waals surface area contributed by atoms with Crippen LogP contribution in [0.3, 0.4) is 0 Å². The normalized spacial score (nSPS) is 24.4. The summed E-state index contributed by atoms with van der Waals surface area (Å²) in [5.41, 5.74) is 0. The second-order valence-corrected chi connectivity index (χ2v) is 6.89. The summed E-state index contributed by atoms with van der Waals surface area (Å²) in [6, 6.07) is 3.57.